The Labute approximate surface area is 71.9 Å². The van der Waals surface area contributed by atoms with Crippen LogP contribution in [0.25, 0.3) is 0 Å². The molecule has 1 saturated carbocycles. The number of alkyl halides is 2. The lowest BCUT2D eigenvalue weighted by Gasteiger charge is -2.27. The first-order valence-electron chi connectivity index (χ1n) is 4.13. The minimum Gasteiger partial charge on any atom is -0.378 e. The number of halogens is 2. The lowest BCUT2D eigenvalue weighted by molar-refractivity contribution is 0.0145. The first-order chi connectivity index (χ1) is 5.24. The van der Waals surface area contributed by atoms with Crippen molar-refractivity contribution in [3.8, 4) is 0 Å². The van der Waals surface area contributed by atoms with Gasteiger partial charge in [0.1, 0.15) is 6.17 Å². The second kappa shape index (κ2) is 4.27. The molecule has 0 aliphatic heterocycles. The van der Waals surface area contributed by atoms with Crippen LogP contribution in [0.5, 0.6) is 0 Å². The minimum atomic E-state index is -0.873. The van der Waals surface area contributed by atoms with Gasteiger partial charge in [0, 0.05) is 13.0 Å². The molecule has 0 bridgehead atoms. The van der Waals surface area contributed by atoms with Gasteiger partial charge in [-0.1, -0.05) is 0 Å². The first-order valence-corrected chi connectivity index (χ1v) is 4.57. The van der Waals surface area contributed by atoms with E-state index in [1.165, 1.54) is 0 Å². The molecule has 0 aromatic carbocycles. The summed E-state index contributed by atoms with van der Waals surface area (Å²) in [6.45, 7) is 2.60. The average Bonchev–Trinajstić information content (AvgIpc) is 1.98. The Bertz CT molecular complexity index is 121. The van der Waals surface area contributed by atoms with Crippen LogP contribution in [0.2, 0.25) is 0 Å². The molecule has 3 heteroatoms. The molecule has 0 amide bonds. The van der Waals surface area contributed by atoms with Crippen molar-refractivity contribution in [2.45, 2.75) is 43.8 Å². The summed E-state index contributed by atoms with van der Waals surface area (Å²) < 4.78 is 18.2. The Morgan fingerprint density at radius 2 is 2.27 bits per heavy atom. The lowest BCUT2D eigenvalue weighted by Crippen LogP contribution is -2.31. The third-order valence-electron chi connectivity index (χ3n) is 2.05. The third-order valence-corrected chi connectivity index (χ3v) is 2.54. The molecule has 0 N–H and O–H groups in total. The normalized spacial score (nSPS) is 39.0. The van der Waals surface area contributed by atoms with Crippen LogP contribution in [0, 0.1) is 0 Å². The van der Waals surface area contributed by atoms with Crippen LogP contribution in [0.4, 0.5) is 4.39 Å². The van der Waals surface area contributed by atoms with Gasteiger partial charge in [0.2, 0.25) is 0 Å². The zero-order valence-electron chi connectivity index (χ0n) is 6.72. The first kappa shape index (κ1) is 9.27. The Morgan fingerprint density at radius 3 is 2.82 bits per heavy atom. The molecule has 1 aliphatic carbocycles. The molecule has 0 aromatic heterocycles. The highest BCUT2D eigenvalue weighted by Gasteiger charge is 2.28. The standard InChI is InChI=1S/C8H14ClFO/c1-2-11-6-3-4-7(9)8(10)5-6/h6-8H,2-5H2,1H3. The number of ether oxygens (including phenoxy) is 1. The van der Waals surface area contributed by atoms with Gasteiger partial charge in [-0.25, -0.2) is 4.39 Å². The highest BCUT2D eigenvalue weighted by Crippen LogP contribution is 2.27. The van der Waals surface area contributed by atoms with Crippen molar-refractivity contribution in [3.05, 3.63) is 0 Å². The Morgan fingerprint density at radius 1 is 1.55 bits per heavy atom. The fraction of sp³-hybridized carbons (Fsp3) is 1.00. The van der Waals surface area contributed by atoms with Gasteiger partial charge in [0.15, 0.2) is 0 Å². The van der Waals surface area contributed by atoms with Gasteiger partial charge in [-0.15, -0.1) is 11.6 Å². The van der Waals surface area contributed by atoms with Gasteiger partial charge in [0.05, 0.1) is 11.5 Å². The molecule has 0 radical (unpaired) electrons. The second-order valence-corrected chi connectivity index (χ2v) is 3.48. The Balaban J connectivity index is 2.28. The molecule has 0 aromatic rings. The maximum Gasteiger partial charge on any atom is 0.119 e. The average molecular weight is 181 g/mol. The van der Waals surface area contributed by atoms with Gasteiger partial charge >= 0.3 is 0 Å². The van der Waals surface area contributed by atoms with E-state index >= 15 is 0 Å². The van der Waals surface area contributed by atoms with E-state index in [1.807, 2.05) is 6.92 Å². The highest BCUT2D eigenvalue weighted by molar-refractivity contribution is 6.21. The van der Waals surface area contributed by atoms with Crippen LogP contribution < -0.4 is 0 Å². The van der Waals surface area contributed by atoms with Crippen LogP contribution in [-0.2, 0) is 4.74 Å². The lowest BCUT2D eigenvalue weighted by atomic mass is 9.95. The van der Waals surface area contributed by atoms with Crippen LogP contribution in [0.3, 0.4) is 0 Å². The number of hydrogen-bond acceptors (Lipinski definition) is 1. The van der Waals surface area contributed by atoms with E-state index in [9.17, 15) is 4.39 Å². The predicted molar refractivity (Wildman–Crippen MR) is 43.8 cm³/mol. The summed E-state index contributed by atoms with van der Waals surface area (Å²) in [6.07, 6.45) is 1.35. The Hall–Kier alpha value is 0.180. The zero-order chi connectivity index (χ0) is 8.27. The van der Waals surface area contributed by atoms with Crippen molar-refractivity contribution in [1.82, 2.24) is 0 Å². The van der Waals surface area contributed by atoms with E-state index in [-0.39, 0.29) is 11.5 Å². The monoisotopic (exact) mass is 180 g/mol. The summed E-state index contributed by atoms with van der Waals surface area (Å²) in [4.78, 5) is 0. The van der Waals surface area contributed by atoms with Crippen molar-refractivity contribution in [2.75, 3.05) is 6.61 Å². The summed E-state index contributed by atoms with van der Waals surface area (Å²) >= 11 is 5.70. The quantitative estimate of drug-likeness (QED) is 0.594. The molecule has 66 valence electrons. The molecule has 3 unspecified atom stereocenters. The van der Waals surface area contributed by atoms with Gasteiger partial charge in [-0.3, -0.25) is 0 Å². The number of rotatable bonds is 2. The van der Waals surface area contributed by atoms with Crippen molar-refractivity contribution >= 4 is 11.6 Å². The van der Waals surface area contributed by atoms with Crippen molar-refractivity contribution < 1.29 is 9.13 Å². The van der Waals surface area contributed by atoms with Crippen LogP contribution >= 0.6 is 11.6 Å². The fourth-order valence-corrected chi connectivity index (χ4v) is 1.66. The van der Waals surface area contributed by atoms with Gasteiger partial charge in [0.25, 0.3) is 0 Å². The third kappa shape index (κ3) is 2.60. The van der Waals surface area contributed by atoms with Crippen molar-refractivity contribution in [1.29, 1.82) is 0 Å². The molecule has 1 aliphatic rings. The van der Waals surface area contributed by atoms with E-state index in [2.05, 4.69) is 0 Å². The topological polar surface area (TPSA) is 9.23 Å². The maximum atomic E-state index is 12.9. The van der Waals surface area contributed by atoms with E-state index < -0.39 is 6.17 Å². The molecular formula is C8H14ClFO. The Kier molecular flexibility index (Phi) is 3.60. The summed E-state index contributed by atoms with van der Waals surface area (Å²) in [6, 6.07) is 0. The molecule has 1 rings (SSSR count). The largest absolute Gasteiger partial charge is 0.378 e. The molecule has 1 nitrogen and oxygen atoms in total. The number of hydrogen-bond donors (Lipinski definition) is 0. The fourth-order valence-electron chi connectivity index (χ4n) is 1.43. The summed E-state index contributed by atoms with van der Waals surface area (Å²) in [7, 11) is 0. The van der Waals surface area contributed by atoms with E-state index in [4.69, 9.17) is 16.3 Å². The van der Waals surface area contributed by atoms with Gasteiger partial charge in [-0.2, -0.15) is 0 Å². The summed E-state index contributed by atoms with van der Waals surface area (Å²) in [5, 5.41) is -0.285. The van der Waals surface area contributed by atoms with Gasteiger partial charge < -0.3 is 4.74 Å². The summed E-state index contributed by atoms with van der Waals surface area (Å²) in [5.74, 6) is 0. The molecule has 3 atom stereocenters. The van der Waals surface area contributed by atoms with E-state index in [1.54, 1.807) is 0 Å². The van der Waals surface area contributed by atoms with Crippen LogP contribution in [-0.4, -0.2) is 24.3 Å². The molecule has 0 spiro atoms. The molecule has 11 heavy (non-hydrogen) atoms. The highest BCUT2D eigenvalue weighted by atomic mass is 35.5. The van der Waals surface area contributed by atoms with Crippen LogP contribution in [0.1, 0.15) is 26.2 Å². The second-order valence-electron chi connectivity index (χ2n) is 2.92. The SMILES string of the molecule is CCOC1CCC(Cl)C(F)C1. The smallest absolute Gasteiger partial charge is 0.119 e. The van der Waals surface area contributed by atoms with Crippen molar-refractivity contribution in [3.63, 3.8) is 0 Å². The predicted octanol–water partition coefficient (Wildman–Crippen LogP) is 2.52. The zero-order valence-corrected chi connectivity index (χ0v) is 7.48. The van der Waals surface area contributed by atoms with E-state index in [0.29, 0.717) is 13.0 Å². The minimum absolute atomic E-state index is 0.102. The summed E-state index contributed by atoms with van der Waals surface area (Å²) in [5.41, 5.74) is 0. The van der Waals surface area contributed by atoms with Crippen LogP contribution in [0.15, 0.2) is 0 Å². The molecule has 0 saturated heterocycles. The maximum absolute atomic E-state index is 12.9. The molecule has 1 fully saturated rings. The van der Waals surface area contributed by atoms with Gasteiger partial charge in [-0.05, 0) is 19.8 Å². The molecular weight excluding hydrogens is 167 g/mol. The molecule has 0 heterocycles. The van der Waals surface area contributed by atoms with Crippen molar-refractivity contribution in [2.24, 2.45) is 0 Å². The van der Waals surface area contributed by atoms with E-state index in [0.717, 1.165) is 12.8 Å².